The molecule has 0 spiro atoms. The van der Waals surface area contributed by atoms with Crippen LogP contribution in [0.2, 0.25) is 0 Å². The Hall–Kier alpha value is -2.37. The highest BCUT2D eigenvalue weighted by atomic mass is 19.1. The number of rotatable bonds is 4. The second-order valence-electron chi connectivity index (χ2n) is 3.32. The van der Waals surface area contributed by atoms with E-state index in [2.05, 4.69) is 10.3 Å². The van der Waals surface area contributed by atoms with Crippen molar-refractivity contribution in [2.24, 2.45) is 0 Å². The van der Waals surface area contributed by atoms with Gasteiger partial charge in [-0.3, -0.25) is 4.98 Å². The van der Waals surface area contributed by atoms with Gasteiger partial charge in [0.2, 0.25) is 5.76 Å². The monoisotopic (exact) mass is 236 g/mol. The largest absolute Gasteiger partial charge is 0.475 e. The molecule has 0 aromatic carbocycles. The fourth-order valence-corrected chi connectivity index (χ4v) is 1.29. The Morgan fingerprint density at radius 1 is 1.47 bits per heavy atom. The first-order valence-electron chi connectivity index (χ1n) is 4.81. The van der Waals surface area contributed by atoms with Crippen LogP contribution in [0.3, 0.4) is 0 Å². The van der Waals surface area contributed by atoms with E-state index in [0.29, 0.717) is 11.4 Å². The number of carboxylic acid groups (broad SMARTS) is 1. The summed E-state index contributed by atoms with van der Waals surface area (Å²) in [7, 11) is 0. The number of hydrogen-bond acceptors (Lipinski definition) is 4. The Balaban J connectivity index is 2.00. The molecule has 0 amide bonds. The van der Waals surface area contributed by atoms with Crippen LogP contribution >= 0.6 is 0 Å². The first-order chi connectivity index (χ1) is 8.15. The van der Waals surface area contributed by atoms with E-state index < -0.39 is 11.8 Å². The highest BCUT2D eigenvalue weighted by Crippen LogP contribution is 2.12. The number of aromatic carboxylic acids is 1. The van der Waals surface area contributed by atoms with E-state index in [-0.39, 0.29) is 12.3 Å². The lowest BCUT2D eigenvalue weighted by atomic mass is 10.4. The molecule has 0 aliphatic rings. The molecule has 0 unspecified atom stereocenters. The van der Waals surface area contributed by atoms with E-state index in [4.69, 9.17) is 9.52 Å². The molecule has 2 aromatic rings. The van der Waals surface area contributed by atoms with Crippen LogP contribution in [0.4, 0.5) is 10.1 Å². The smallest absolute Gasteiger partial charge is 0.371 e. The Morgan fingerprint density at radius 3 is 2.94 bits per heavy atom. The van der Waals surface area contributed by atoms with Crippen molar-refractivity contribution in [1.29, 1.82) is 0 Å². The fourth-order valence-electron chi connectivity index (χ4n) is 1.29. The molecule has 6 heteroatoms. The third kappa shape index (κ3) is 2.81. The third-order valence-electron chi connectivity index (χ3n) is 2.04. The van der Waals surface area contributed by atoms with Gasteiger partial charge in [0, 0.05) is 6.07 Å². The van der Waals surface area contributed by atoms with E-state index in [0.717, 1.165) is 6.20 Å². The SMILES string of the molecule is O=C(O)c1ccc(CNc2cncc(F)c2)o1. The standard InChI is InChI=1S/C11H9FN2O3/c12-7-3-8(5-13-4-7)14-6-9-1-2-10(17-9)11(15)16/h1-5,14H,6H2,(H,15,16). The molecule has 0 atom stereocenters. The van der Waals surface area contributed by atoms with Crippen molar-refractivity contribution in [1.82, 2.24) is 4.98 Å². The molecular formula is C11H9FN2O3. The number of nitrogens with one attached hydrogen (secondary N) is 1. The number of carbonyl (C=O) groups is 1. The number of pyridine rings is 1. The van der Waals surface area contributed by atoms with Crippen LogP contribution in [0, 0.1) is 5.82 Å². The average molecular weight is 236 g/mol. The van der Waals surface area contributed by atoms with Crippen LogP contribution < -0.4 is 5.32 Å². The van der Waals surface area contributed by atoms with Gasteiger partial charge in [-0.1, -0.05) is 0 Å². The van der Waals surface area contributed by atoms with Crippen LogP contribution in [0.25, 0.3) is 0 Å². The van der Waals surface area contributed by atoms with Gasteiger partial charge < -0.3 is 14.8 Å². The third-order valence-corrected chi connectivity index (χ3v) is 2.04. The van der Waals surface area contributed by atoms with Crippen molar-refractivity contribution in [3.63, 3.8) is 0 Å². The van der Waals surface area contributed by atoms with Gasteiger partial charge >= 0.3 is 5.97 Å². The van der Waals surface area contributed by atoms with Crippen molar-refractivity contribution < 1.29 is 18.7 Å². The molecule has 0 aliphatic heterocycles. The summed E-state index contributed by atoms with van der Waals surface area (Å²) in [6.45, 7) is 0.262. The van der Waals surface area contributed by atoms with Gasteiger partial charge in [0.1, 0.15) is 11.6 Å². The second-order valence-corrected chi connectivity index (χ2v) is 3.32. The lowest BCUT2D eigenvalue weighted by Crippen LogP contribution is -1.99. The number of hydrogen-bond donors (Lipinski definition) is 2. The van der Waals surface area contributed by atoms with E-state index in [1.54, 1.807) is 6.07 Å². The van der Waals surface area contributed by atoms with Gasteiger partial charge in [-0.25, -0.2) is 9.18 Å². The van der Waals surface area contributed by atoms with E-state index in [1.165, 1.54) is 18.3 Å². The molecule has 17 heavy (non-hydrogen) atoms. The summed E-state index contributed by atoms with van der Waals surface area (Å²) >= 11 is 0. The predicted molar refractivity (Wildman–Crippen MR) is 57.2 cm³/mol. The summed E-state index contributed by atoms with van der Waals surface area (Å²) < 4.78 is 17.8. The minimum absolute atomic E-state index is 0.126. The maximum atomic E-state index is 12.8. The molecule has 88 valence electrons. The molecule has 0 aliphatic carbocycles. The number of furan rings is 1. The molecule has 2 aromatic heterocycles. The number of carboxylic acids is 1. The first-order valence-corrected chi connectivity index (χ1v) is 4.81. The zero-order chi connectivity index (χ0) is 12.3. The van der Waals surface area contributed by atoms with Crippen molar-refractivity contribution in [3.05, 3.63) is 47.9 Å². The van der Waals surface area contributed by atoms with Gasteiger partial charge in [0.05, 0.1) is 24.6 Å². The summed E-state index contributed by atoms with van der Waals surface area (Å²) in [6.07, 6.45) is 2.56. The van der Waals surface area contributed by atoms with Crippen LogP contribution in [0.15, 0.2) is 35.0 Å². The Kier molecular flexibility index (Phi) is 3.04. The highest BCUT2D eigenvalue weighted by molar-refractivity contribution is 5.84. The Morgan fingerprint density at radius 2 is 2.29 bits per heavy atom. The number of halogens is 1. The van der Waals surface area contributed by atoms with Gasteiger partial charge in [0.25, 0.3) is 0 Å². The van der Waals surface area contributed by atoms with E-state index >= 15 is 0 Å². The first kappa shape index (κ1) is 11.1. The molecule has 0 bridgehead atoms. The Labute approximate surface area is 95.9 Å². The molecule has 5 nitrogen and oxygen atoms in total. The summed E-state index contributed by atoms with van der Waals surface area (Å²) in [4.78, 5) is 14.2. The molecule has 0 saturated carbocycles. The maximum absolute atomic E-state index is 12.8. The van der Waals surface area contributed by atoms with Crippen molar-refractivity contribution >= 4 is 11.7 Å². The normalized spacial score (nSPS) is 10.2. The van der Waals surface area contributed by atoms with E-state index in [1.807, 2.05) is 0 Å². The number of nitrogens with zero attached hydrogens (tertiary/aromatic N) is 1. The van der Waals surface area contributed by atoms with E-state index in [9.17, 15) is 9.18 Å². The van der Waals surface area contributed by atoms with Crippen molar-refractivity contribution in [2.75, 3.05) is 5.32 Å². The zero-order valence-electron chi connectivity index (χ0n) is 8.68. The van der Waals surface area contributed by atoms with Crippen LogP contribution in [0.1, 0.15) is 16.3 Å². The molecule has 0 saturated heterocycles. The van der Waals surface area contributed by atoms with Gasteiger partial charge in [-0.15, -0.1) is 0 Å². The number of anilines is 1. The topological polar surface area (TPSA) is 75.4 Å². The molecular weight excluding hydrogens is 227 g/mol. The minimum Gasteiger partial charge on any atom is -0.475 e. The minimum atomic E-state index is -1.12. The van der Waals surface area contributed by atoms with Crippen molar-refractivity contribution in [3.8, 4) is 0 Å². The maximum Gasteiger partial charge on any atom is 0.371 e. The highest BCUT2D eigenvalue weighted by Gasteiger charge is 2.08. The van der Waals surface area contributed by atoms with Gasteiger partial charge in [-0.2, -0.15) is 0 Å². The molecule has 0 fully saturated rings. The molecule has 2 heterocycles. The molecule has 0 radical (unpaired) electrons. The quantitative estimate of drug-likeness (QED) is 0.850. The second kappa shape index (κ2) is 4.65. The predicted octanol–water partition coefficient (Wildman–Crippen LogP) is 2.12. The Bertz CT molecular complexity index is 539. The summed E-state index contributed by atoms with van der Waals surface area (Å²) in [5.41, 5.74) is 0.498. The van der Waals surface area contributed by atoms with Gasteiger partial charge in [-0.05, 0) is 12.1 Å². The summed E-state index contributed by atoms with van der Waals surface area (Å²) in [5.74, 6) is -1.24. The van der Waals surface area contributed by atoms with Crippen LogP contribution in [0.5, 0.6) is 0 Å². The average Bonchev–Trinajstić information content (AvgIpc) is 2.75. The van der Waals surface area contributed by atoms with Crippen LogP contribution in [-0.2, 0) is 6.54 Å². The zero-order valence-corrected chi connectivity index (χ0v) is 8.68. The van der Waals surface area contributed by atoms with Crippen LogP contribution in [-0.4, -0.2) is 16.1 Å². The number of aromatic nitrogens is 1. The fraction of sp³-hybridized carbons (Fsp3) is 0.0909. The molecule has 2 N–H and O–H groups in total. The lowest BCUT2D eigenvalue weighted by Gasteiger charge is -2.03. The van der Waals surface area contributed by atoms with Crippen molar-refractivity contribution in [2.45, 2.75) is 6.54 Å². The summed E-state index contributed by atoms with van der Waals surface area (Å²) in [6, 6.07) is 4.19. The molecule has 2 rings (SSSR count). The lowest BCUT2D eigenvalue weighted by molar-refractivity contribution is 0.0660. The summed E-state index contributed by atoms with van der Waals surface area (Å²) in [5, 5.41) is 11.5. The van der Waals surface area contributed by atoms with Gasteiger partial charge in [0.15, 0.2) is 0 Å².